The minimum Gasteiger partial charge on any atom is -0.324 e. The highest BCUT2D eigenvalue weighted by molar-refractivity contribution is 7.64. The van der Waals surface area contributed by atoms with Crippen molar-refractivity contribution in [2.75, 3.05) is 19.8 Å². The molecule has 2 unspecified atom stereocenters. The summed E-state index contributed by atoms with van der Waals surface area (Å²) in [5.41, 5.74) is 0. The van der Waals surface area contributed by atoms with Gasteiger partial charge in [0.1, 0.15) is 0 Å². The zero-order chi connectivity index (χ0) is 11.9. The fourth-order valence-corrected chi connectivity index (χ4v) is 3.64. The van der Waals surface area contributed by atoms with E-state index in [1.54, 1.807) is 20.8 Å². The maximum absolute atomic E-state index is 12.3. The van der Waals surface area contributed by atoms with Crippen LogP contribution in [0.3, 0.4) is 0 Å². The lowest BCUT2D eigenvalue weighted by Crippen LogP contribution is -2.24. The molecule has 2 atom stereocenters. The third kappa shape index (κ3) is 3.61. The minimum atomic E-state index is -3.48. The summed E-state index contributed by atoms with van der Waals surface area (Å²) in [4.78, 5) is 0. The molecule has 0 N–H and O–H groups in total. The van der Waals surface area contributed by atoms with Gasteiger partial charge >= 0.3 is 21.1 Å². The van der Waals surface area contributed by atoms with Crippen molar-refractivity contribution in [2.45, 2.75) is 32.8 Å². The van der Waals surface area contributed by atoms with E-state index in [1.165, 1.54) is 6.92 Å². The van der Waals surface area contributed by atoms with Crippen molar-refractivity contribution in [3.63, 3.8) is 0 Å². The fraction of sp³-hybridized carbons (Fsp3) is 1.00. The molecule has 0 aromatic rings. The van der Waals surface area contributed by atoms with Gasteiger partial charge in [0.15, 0.2) is 0 Å². The molecule has 0 spiro atoms. The van der Waals surface area contributed by atoms with Gasteiger partial charge in [0, 0.05) is 13.5 Å². The first-order chi connectivity index (χ1) is 6.99. The van der Waals surface area contributed by atoms with Crippen molar-refractivity contribution in [2.24, 2.45) is 0 Å². The molecule has 0 heterocycles. The molecule has 0 aliphatic carbocycles. The zero-order valence-corrected chi connectivity index (χ0v) is 11.5. The van der Waals surface area contributed by atoms with Crippen LogP contribution in [0, 0.1) is 0 Å². The topological polar surface area (TPSA) is 61.8 Å². The molecule has 0 bridgehead atoms. The highest BCUT2D eigenvalue weighted by Crippen LogP contribution is 2.64. The van der Waals surface area contributed by atoms with Gasteiger partial charge in [-0.05, 0) is 20.8 Å². The van der Waals surface area contributed by atoms with E-state index in [-0.39, 0.29) is 13.2 Å². The highest BCUT2D eigenvalue weighted by atomic mass is 31.2. The Bertz CT molecular complexity index is 235. The molecule has 7 heteroatoms. The molecule has 15 heavy (non-hydrogen) atoms. The van der Waals surface area contributed by atoms with Crippen LogP contribution in [0.4, 0.5) is 0 Å². The first kappa shape index (κ1) is 15.2. The molecular weight excluding hydrogens is 238 g/mol. The first-order valence-electron chi connectivity index (χ1n) is 4.92. The molecule has 0 aliphatic heterocycles. The van der Waals surface area contributed by atoms with Crippen LogP contribution in [0.5, 0.6) is 0 Å². The quantitative estimate of drug-likeness (QED) is 0.625. The van der Waals surface area contributed by atoms with Crippen LogP contribution in [0.2, 0.25) is 0 Å². The number of hydrogen-bond donors (Lipinski definition) is 0. The predicted octanol–water partition coefficient (Wildman–Crippen LogP) is 2.99. The number of ether oxygens (including phenoxy) is 1. The van der Waals surface area contributed by atoms with Gasteiger partial charge in [0.25, 0.3) is 0 Å². The van der Waals surface area contributed by atoms with Crippen LogP contribution in [0.1, 0.15) is 27.7 Å². The summed E-state index contributed by atoms with van der Waals surface area (Å²) in [6, 6.07) is 0. The van der Waals surface area contributed by atoms with Crippen LogP contribution in [-0.2, 0) is 22.9 Å². The van der Waals surface area contributed by atoms with Crippen molar-refractivity contribution in [3.8, 4) is 0 Å². The lowest BCUT2D eigenvalue weighted by atomic mass is 10.8. The van der Waals surface area contributed by atoms with Gasteiger partial charge in [-0.25, -0.2) is 0 Å². The van der Waals surface area contributed by atoms with E-state index in [1.807, 2.05) is 0 Å². The van der Waals surface area contributed by atoms with Crippen molar-refractivity contribution in [3.05, 3.63) is 0 Å². The molecule has 0 aliphatic rings. The summed E-state index contributed by atoms with van der Waals surface area (Å²) in [7, 11) is -4.39. The molecule has 0 fully saturated rings. The largest absolute Gasteiger partial charge is 0.412 e. The van der Waals surface area contributed by atoms with Gasteiger partial charge in [-0.2, -0.15) is 0 Å². The molecule has 0 saturated heterocycles. The summed E-state index contributed by atoms with van der Waals surface area (Å²) in [5.74, 6) is 0. The average molecular weight is 257 g/mol. The second kappa shape index (κ2) is 6.72. The number of rotatable bonds is 8. The Morgan fingerprint density at radius 3 is 1.87 bits per heavy atom. The summed E-state index contributed by atoms with van der Waals surface area (Å²) in [5, 5.41) is -1.37. The highest BCUT2D eigenvalue weighted by Gasteiger charge is 2.56. The Balaban J connectivity index is 4.99. The molecule has 0 saturated carbocycles. The van der Waals surface area contributed by atoms with Crippen LogP contribution in [0.25, 0.3) is 0 Å². The van der Waals surface area contributed by atoms with Gasteiger partial charge in [0.05, 0.1) is 13.2 Å². The molecular formula is C8H19O5P2+. The monoisotopic (exact) mass is 257 g/mol. The Kier molecular flexibility index (Phi) is 6.81. The number of hydrogen-bond acceptors (Lipinski definition) is 5. The van der Waals surface area contributed by atoms with Crippen LogP contribution in [0.15, 0.2) is 0 Å². The molecule has 90 valence electrons. The minimum absolute atomic E-state index is 0.227. The van der Waals surface area contributed by atoms with E-state index in [0.29, 0.717) is 6.61 Å². The summed E-state index contributed by atoms with van der Waals surface area (Å²) in [6.07, 6.45) is 0. The summed E-state index contributed by atoms with van der Waals surface area (Å²) < 4.78 is 38.8. The SMILES string of the molecule is CCOC(C)([PH+]=O)P(=O)(OCC)OCC. The maximum atomic E-state index is 12.3. The van der Waals surface area contributed by atoms with Gasteiger partial charge in [-0.15, -0.1) is 0 Å². The van der Waals surface area contributed by atoms with Crippen molar-refractivity contribution < 1.29 is 22.9 Å². The van der Waals surface area contributed by atoms with E-state index < -0.39 is 21.1 Å². The van der Waals surface area contributed by atoms with E-state index >= 15 is 0 Å². The van der Waals surface area contributed by atoms with Crippen LogP contribution >= 0.6 is 16.1 Å². The molecule has 5 nitrogen and oxygen atoms in total. The van der Waals surface area contributed by atoms with Gasteiger partial charge < -0.3 is 13.8 Å². The summed E-state index contributed by atoms with van der Waals surface area (Å²) in [6.45, 7) is 7.37. The summed E-state index contributed by atoms with van der Waals surface area (Å²) >= 11 is 0. The normalized spacial score (nSPS) is 16.5. The van der Waals surface area contributed by atoms with Gasteiger partial charge in [-0.1, -0.05) is 4.57 Å². The van der Waals surface area contributed by atoms with E-state index in [4.69, 9.17) is 13.8 Å². The predicted molar refractivity (Wildman–Crippen MR) is 59.9 cm³/mol. The Morgan fingerprint density at radius 2 is 1.60 bits per heavy atom. The molecule has 0 radical (unpaired) electrons. The molecule has 0 aromatic carbocycles. The Hall–Kier alpha value is 0.210. The lowest BCUT2D eigenvalue weighted by Gasteiger charge is -2.24. The van der Waals surface area contributed by atoms with Crippen molar-refractivity contribution in [1.82, 2.24) is 0 Å². The van der Waals surface area contributed by atoms with Crippen molar-refractivity contribution in [1.29, 1.82) is 0 Å². The standard InChI is InChI=1S/C8H18O5P2/c1-5-11-8(4,14-9)15(10,12-6-2)13-7-3/h5-7H2,1-4H3/p+1. The van der Waals surface area contributed by atoms with E-state index in [0.717, 1.165) is 0 Å². The van der Waals surface area contributed by atoms with Crippen LogP contribution in [-0.4, -0.2) is 24.9 Å². The third-order valence-electron chi connectivity index (χ3n) is 1.74. The van der Waals surface area contributed by atoms with E-state index in [9.17, 15) is 9.13 Å². The van der Waals surface area contributed by atoms with Gasteiger partial charge in [0.2, 0.25) is 0 Å². The fourth-order valence-electron chi connectivity index (χ4n) is 1.07. The lowest BCUT2D eigenvalue weighted by molar-refractivity contribution is 0.0635. The smallest absolute Gasteiger partial charge is 0.324 e. The third-order valence-corrected chi connectivity index (χ3v) is 5.72. The first-order valence-corrected chi connectivity index (χ1v) is 7.37. The van der Waals surface area contributed by atoms with Gasteiger partial charge in [-0.3, -0.25) is 4.57 Å². The Labute approximate surface area is 92.2 Å². The second-order valence-electron chi connectivity index (χ2n) is 2.85. The maximum Gasteiger partial charge on any atom is 0.412 e. The van der Waals surface area contributed by atoms with Crippen LogP contribution < -0.4 is 0 Å². The average Bonchev–Trinajstić information content (AvgIpc) is 2.18. The van der Waals surface area contributed by atoms with Crippen molar-refractivity contribution >= 4 is 16.1 Å². The second-order valence-corrected chi connectivity index (χ2v) is 6.79. The molecule has 0 aromatic heterocycles. The Morgan fingerprint density at radius 1 is 1.13 bits per heavy atom. The van der Waals surface area contributed by atoms with E-state index in [2.05, 4.69) is 0 Å². The molecule has 0 amide bonds. The zero-order valence-electron chi connectivity index (χ0n) is 9.61. The molecule has 0 rings (SSSR count).